The van der Waals surface area contributed by atoms with E-state index in [-0.39, 0.29) is 17.1 Å². The molecule has 2 aliphatic heterocycles. The van der Waals surface area contributed by atoms with Crippen LogP contribution in [0.2, 0.25) is 0 Å². The number of nitrogens with zero attached hydrogens (tertiary/aromatic N) is 2. The first-order valence-electron chi connectivity index (χ1n) is 15.7. The molecule has 0 aliphatic carbocycles. The van der Waals surface area contributed by atoms with Crippen LogP contribution in [0.25, 0.3) is 45.4 Å². The van der Waals surface area contributed by atoms with Crippen molar-refractivity contribution in [3.63, 3.8) is 0 Å². The first-order valence-corrected chi connectivity index (χ1v) is 15.7. The molecule has 5 rings (SSSR count). The molecule has 0 atom stereocenters. The number of aryl methyl sites for hydroxylation is 6. The van der Waals surface area contributed by atoms with E-state index in [1.165, 1.54) is 78.0 Å². The van der Waals surface area contributed by atoms with Gasteiger partial charge in [-0.15, -0.1) is 0 Å². The molecule has 3 aromatic heterocycles. The van der Waals surface area contributed by atoms with Crippen molar-refractivity contribution >= 4 is 45.4 Å². The standard InChI is InChI=1S/C36H46N4.Fe/c1-9-23-25(11-3)33-29(15-7)35-27(13-5)28(14-6)36(40-35)30(16-8)34-26(12-4)24(10-2)32(39-34)20-22-18-17-21(37-22)19-31(23)38-33;/h17-20,38-39H,9-16H2,1-8H3;. The van der Waals surface area contributed by atoms with Gasteiger partial charge >= 0.3 is 0 Å². The van der Waals surface area contributed by atoms with E-state index < -0.39 is 0 Å². The Morgan fingerprint density at radius 3 is 1.15 bits per heavy atom. The summed E-state index contributed by atoms with van der Waals surface area (Å²) < 4.78 is 0. The molecule has 5 heterocycles. The smallest absolute Gasteiger partial charge is 0.0725 e. The summed E-state index contributed by atoms with van der Waals surface area (Å²) in [5, 5.41) is 0. The third-order valence-electron chi connectivity index (χ3n) is 8.93. The van der Waals surface area contributed by atoms with Crippen molar-refractivity contribution in [2.45, 2.75) is 107 Å². The zero-order chi connectivity index (χ0) is 28.6. The van der Waals surface area contributed by atoms with Crippen LogP contribution in [-0.4, -0.2) is 19.9 Å². The second kappa shape index (κ2) is 13.0. The Morgan fingerprint density at radius 2 is 0.829 bits per heavy atom. The molecule has 3 aromatic rings. The van der Waals surface area contributed by atoms with Crippen molar-refractivity contribution in [2.24, 2.45) is 0 Å². The van der Waals surface area contributed by atoms with Gasteiger partial charge in [0.25, 0.3) is 0 Å². The third-order valence-corrected chi connectivity index (χ3v) is 8.93. The van der Waals surface area contributed by atoms with Gasteiger partial charge in [-0.3, -0.25) is 0 Å². The molecule has 0 aromatic carbocycles. The molecule has 4 nitrogen and oxygen atoms in total. The molecule has 5 heteroatoms. The van der Waals surface area contributed by atoms with Gasteiger partial charge < -0.3 is 9.97 Å². The normalized spacial score (nSPS) is 12.8. The first kappa shape index (κ1) is 31.1. The Hall–Kier alpha value is -2.88. The van der Waals surface area contributed by atoms with Crippen molar-refractivity contribution in [2.75, 3.05) is 0 Å². The molecule has 2 aliphatic rings. The van der Waals surface area contributed by atoms with Crippen LogP contribution in [0.4, 0.5) is 0 Å². The number of nitrogens with one attached hydrogen (secondary N) is 2. The fourth-order valence-electron chi connectivity index (χ4n) is 7.12. The van der Waals surface area contributed by atoms with Crippen LogP contribution in [0.1, 0.15) is 124 Å². The number of hydrogen-bond acceptors (Lipinski definition) is 2. The quantitative estimate of drug-likeness (QED) is 0.201. The Kier molecular flexibility index (Phi) is 9.82. The minimum atomic E-state index is 0. The van der Waals surface area contributed by atoms with Gasteiger partial charge in [0.15, 0.2) is 0 Å². The van der Waals surface area contributed by atoms with Gasteiger partial charge in [0.1, 0.15) is 0 Å². The minimum absolute atomic E-state index is 0. The second-order valence-electron chi connectivity index (χ2n) is 10.9. The number of rotatable bonds is 8. The maximum Gasteiger partial charge on any atom is 0.0725 e. The van der Waals surface area contributed by atoms with Crippen LogP contribution in [0.5, 0.6) is 0 Å². The average Bonchev–Trinajstić information content (AvgIpc) is 3.73. The van der Waals surface area contributed by atoms with Crippen LogP contribution in [0.15, 0.2) is 12.1 Å². The van der Waals surface area contributed by atoms with Crippen LogP contribution < -0.4 is 0 Å². The first-order chi connectivity index (χ1) is 19.5. The molecule has 0 saturated heterocycles. The van der Waals surface area contributed by atoms with Gasteiger partial charge in [-0.1, -0.05) is 55.4 Å². The van der Waals surface area contributed by atoms with Gasteiger partial charge in [-0.05, 0) is 109 Å². The van der Waals surface area contributed by atoms with Crippen molar-refractivity contribution in [1.29, 1.82) is 0 Å². The number of hydrogen-bond donors (Lipinski definition) is 2. The largest absolute Gasteiger partial charge is 0.355 e. The van der Waals surface area contributed by atoms with E-state index in [0.717, 1.165) is 62.8 Å². The molecular weight excluding hydrogens is 544 g/mol. The van der Waals surface area contributed by atoms with Gasteiger partial charge in [-0.25, -0.2) is 9.97 Å². The zero-order valence-electron chi connectivity index (χ0n) is 26.2. The van der Waals surface area contributed by atoms with Gasteiger partial charge in [-0.2, -0.15) is 0 Å². The van der Waals surface area contributed by atoms with E-state index >= 15 is 0 Å². The number of aromatic amines is 2. The fraction of sp³-hybridized carbons (Fsp3) is 0.444. The molecule has 8 bridgehead atoms. The van der Waals surface area contributed by atoms with E-state index in [1.807, 2.05) is 0 Å². The molecule has 0 radical (unpaired) electrons. The van der Waals surface area contributed by atoms with E-state index in [4.69, 9.17) is 9.97 Å². The predicted molar refractivity (Wildman–Crippen MR) is 174 cm³/mol. The van der Waals surface area contributed by atoms with E-state index in [0.29, 0.717) is 0 Å². The Bertz CT molecular complexity index is 1560. The van der Waals surface area contributed by atoms with E-state index in [1.54, 1.807) is 0 Å². The van der Waals surface area contributed by atoms with Crippen molar-refractivity contribution < 1.29 is 17.1 Å². The molecule has 41 heavy (non-hydrogen) atoms. The average molecular weight is 591 g/mol. The van der Waals surface area contributed by atoms with Crippen LogP contribution in [0.3, 0.4) is 0 Å². The maximum absolute atomic E-state index is 5.58. The summed E-state index contributed by atoms with van der Waals surface area (Å²) in [6.45, 7) is 18.3. The summed E-state index contributed by atoms with van der Waals surface area (Å²) in [4.78, 5) is 18.4. The monoisotopic (exact) mass is 590 g/mol. The topological polar surface area (TPSA) is 57.4 Å². The predicted octanol–water partition coefficient (Wildman–Crippen LogP) is 9.59. The number of fused-ring (bicyclic) bond motifs is 8. The molecule has 0 fully saturated rings. The summed E-state index contributed by atoms with van der Waals surface area (Å²) in [6.07, 6.45) is 12.1. The minimum Gasteiger partial charge on any atom is -0.355 e. The molecule has 0 spiro atoms. The summed E-state index contributed by atoms with van der Waals surface area (Å²) >= 11 is 0. The zero-order valence-corrected chi connectivity index (χ0v) is 27.3. The Labute approximate surface area is 256 Å². The molecule has 218 valence electrons. The maximum atomic E-state index is 5.58. The third kappa shape index (κ3) is 5.17. The summed E-state index contributed by atoms with van der Waals surface area (Å²) in [6, 6.07) is 4.47. The second-order valence-corrected chi connectivity index (χ2v) is 10.9. The molecule has 0 saturated carbocycles. The number of allylic oxidation sites excluding steroid dienone is 2. The van der Waals surface area contributed by atoms with Crippen LogP contribution >= 0.6 is 0 Å². The van der Waals surface area contributed by atoms with Gasteiger partial charge in [0, 0.05) is 50.3 Å². The molecule has 0 amide bonds. The summed E-state index contributed by atoms with van der Waals surface area (Å²) in [5.74, 6) is 0. The number of aromatic nitrogens is 4. The van der Waals surface area contributed by atoms with E-state index in [2.05, 4.69) is 89.6 Å². The van der Waals surface area contributed by atoms with E-state index in [9.17, 15) is 0 Å². The van der Waals surface area contributed by atoms with Crippen LogP contribution in [0, 0.1) is 0 Å². The SMILES string of the molecule is CCC1=C(CC)c2nc1c(CC)c1[nH]c(cc3nc(cc4[nH]c(c2CC)c(CC)c4CC)C=C3)c(CC)c1CC.[Fe]. The molecular formula is C36H46FeN4. The summed E-state index contributed by atoms with van der Waals surface area (Å²) in [7, 11) is 0. The summed E-state index contributed by atoms with van der Waals surface area (Å²) in [5.41, 5.74) is 20.4. The van der Waals surface area contributed by atoms with Crippen molar-refractivity contribution in [1.82, 2.24) is 19.9 Å². The van der Waals surface area contributed by atoms with Crippen LogP contribution in [-0.2, 0) is 55.6 Å². The van der Waals surface area contributed by atoms with Gasteiger partial charge in [0.05, 0.1) is 22.8 Å². The fourth-order valence-corrected chi connectivity index (χ4v) is 7.12. The number of H-pyrrole nitrogens is 2. The van der Waals surface area contributed by atoms with Gasteiger partial charge in [0.2, 0.25) is 0 Å². The Balaban J connectivity index is 0.00000387. The molecule has 0 unspecified atom stereocenters. The van der Waals surface area contributed by atoms with Crippen molar-refractivity contribution in [3.8, 4) is 0 Å². The Morgan fingerprint density at radius 1 is 0.463 bits per heavy atom. The van der Waals surface area contributed by atoms with Crippen molar-refractivity contribution in [3.05, 3.63) is 68.3 Å². The molecule has 2 N–H and O–H groups in total.